The first kappa shape index (κ1) is 37.8. The van der Waals surface area contributed by atoms with E-state index in [1.165, 1.54) is 59.3 Å². The number of aromatic nitrogens is 5. The summed E-state index contributed by atoms with van der Waals surface area (Å²) >= 11 is 3.44. The van der Waals surface area contributed by atoms with Crippen LogP contribution in [0.5, 0.6) is 0 Å². The van der Waals surface area contributed by atoms with Crippen LogP contribution in [0, 0.1) is 0 Å². The van der Waals surface area contributed by atoms with Gasteiger partial charge in [-0.25, -0.2) is 24.9 Å². The van der Waals surface area contributed by atoms with Gasteiger partial charge in [0.25, 0.3) is 0 Å². The molecule has 1 spiro atoms. The molecule has 6 nitrogen and oxygen atoms in total. The second kappa shape index (κ2) is 14.3. The van der Waals surface area contributed by atoms with Crippen molar-refractivity contribution in [2.45, 2.75) is 5.41 Å². The van der Waals surface area contributed by atoms with Crippen LogP contribution < -0.4 is 0 Å². The summed E-state index contributed by atoms with van der Waals surface area (Å²) in [5.41, 5.74) is 16.4. The lowest BCUT2D eigenvalue weighted by Gasteiger charge is -2.30. The molecule has 0 radical (unpaired) electrons. The Labute approximate surface area is 397 Å². The Morgan fingerprint density at radius 2 is 0.926 bits per heavy atom. The number of thiophene rings is 1. The molecular weight excluding hydrogens is 871 g/mol. The van der Waals surface area contributed by atoms with Crippen molar-refractivity contribution in [1.82, 2.24) is 24.9 Å². The molecule has 9 aromatic carbocycles. The fraction of sp³-hybridized carbons (Fsp3) is 0.0167. The van der Waals surface area contributed by atoms with Gasteiger partial charge in [0.05, 0.1) is 15.6 Å². The second-order valence-corrected chi connectivity index (χ2v) is 19.6. The number of fused-ring (bicyclic) bond motifs is 15. The molecule has 0 bridgehead atoms. The number of para-hydroxylation sites is 3. The zero-order chi connectivity index (χ0) is 44.5. The molecule has 68 heavy (non-hydrogen) atoms. The molecule has 2 aliphatic carbocycles. The molecule has 0 N–H and O–H groups in total. The zero-order valence-electron chi connectivity index (χ0n) is 36.0. The van der Waals surface area contributed by atoms with Crippen LogP contribution in [0.3, 0.4) is 0 Å². The van der Waals surface area contributed by atoms with Crippen LogP contribution in [0.4, 0.5) is 0 Å². The first-order valence-electron chi connectivity index (χ1n) is 22.6. The SMILES string of the molecule is c1ccc2c(c1)-c1ccccc1C21c2ccccc2-c2ccc(-c3nc(-c4cc(-c5nc6ccccc6o5)cc(-c5nc6ccccc6s5)c4)nc(-c4cccc5sc6ccccc6c45)n3)cc21. The van der Waals surface area contributed by atoms with Crippen LogP contribution in [-0.2, 0) is 5.41 Å². The van der Waals surface area contributed by atoms with Crippen molar-refractivity contribution >= 4 is 64.2 Å². The van der Waals surface area contributed by atoms with Gasteiger partial charge in [0, 0.05) is 48.0 Å². The smallest absolute Gasteiger partial charge is 0.227 e. The minimum absolute atomic E-state index is 0.514. The van der Waals surface area contributed by atoms with Gasteiger partial charge in [0.15, 0.2) is 23.1 Å². The number of rotatable bonds is 5. The van der Waals surface area contributed by atoms with Gasteiger partial charge in [-0.1, -0.05) is 140 Å². The van der Waals surface area contributed by atoms with E-state index >= 15 is 0 Å². The van der Waals surface area contributed by atoms with Gasteiger partial charge in [-0.2, -0.15) is 0 Å². The summed E-state index contributed by atoms with van der Waals surface area (Å²) in [5.74, 6) is 2.24. The van der Waals surface area contributed by atoms with E-state index in [0.717, 1.165) is 59.5 Å². The highest BCUT2D eigenvalue weighted by Crippen LogP contribution is 2.63. The summed E-state index contributed by atoms with van der Waals surface area (Å²) in [4.78, 5) is 26.5. The van der Waals surface area contributed by atoms with Crippen LogP contribution in [-0.4, -0.2) is 24.9 Å². The first-order chi connectivity index (χ1) is 33.7. The minimum atomic E-state index is -0.519. The first-order valence-corrected chi connectivity index (χ1v) is 24.3. The van der Waals surface area contributed by atoms with Crippen LogP contribution in [0.25, 0.3) is 120 Å². The molecule has 8 heteroatoms. The molecule has 4 aromatic heterocycles. The van der Waals surface area contributed by atoms with E-state index in [-0.39, 0.29) is 0 Å². The fourth-order valence-corrected chi connectivity index (χ4v) is 13.0. The Balaban J connectivity index is 0.998. The monoisotopic (exact) mass is 903 g/mol. The number of benzene rings is 9. The largest absolute Gasteiger partial charge is 0.436 e. The summed E-state index contributed by atoms with van der Waals surface area (Å²) in [6.07, 6.45) is 0. The fourth-order valence-electron chi connectivity index (χ4n) is 10.9. The van der Waals surface area contributed by atoms with Crippen LogP contribution in [0.15, 0.2) is 205 Å². The number of hydrogen-bond acceptors (Lipinski definition) is 8. The summed E-state index contributed by atoms with van der Waals surface area (Å²) in [5, 5.41) is 3.20. The Hall–Kier alpha value is -8.43. The maximum absolute atomic E-state index is 6.45. The van der Waals surface area contributed by atoms with E-state index in [1.54, 1.807) is 22.7 Å². The van der Waals surface area contributed by atoms with Crippen LogP contribution in [0.1, 0.15) is 22.3 Å². The maximum atomic E-state index is 6.45. The van der Waals surface area contributed by atoms with Crippen molar-refractivity contribution in [2.24, 2.45) is 0 Å². The molecule has 0 atom stereocenters. The number of thiazole rings is 1. The molecule has 0 saturated carbocycles. The standard InChI is InChI=1S/C60H33N5OS2/c1-5-19-44-38(14-1)39-15-2-6-20-45(39)60(44)46-21-7-3-16-40(46)41-29-28-34(33-47(41)60)55-63-56(65-57(64-55)43-18-13-27-53-54(43)42-17-4-11-25-51(42)67-53)35-30-36(58-61-48-22-8-10-24-50(48)66-58)32-37(31-35)59-62-49-23-9-12-26-52(49)68-59/h1-33H. The highest BCUT2D eigenvalue weighted by atomic mass is 32.1. The topological polar surface area (TPSA) is 77.6 Å². The van der Waals surface area contributed by atoms with E-state index in [2.05, 4.69) is 170 Å². The maximum Gasteiger partial charge on any atom is 0.227 e. The molecule has 0 saturated heterocycles. The lowest BCUT2D eigenvalue weighted by molar-refractivity contribution is 0.620. The Morgan fingerprint density at radius 3 is 1.68 bits per heavy atom. The predicted molar refractivity (Wildman–Crippen MR) is 277 cm³/mol. The summed E-state index contributed by atoms with van der Waals surface area (Å²) < 4.78 is 9.96. The summed E-state index contributed by atoms with van der Waals surface area (Å²) in [7, 11) is 0. The average Bonchev–Trinajstić information content (AvgIpc) is 4.23. The lowest BCUT2D eigenvalue weighted by atomic mass is 9.70. The Kier molecular flexibility index (Phi) is 7.93. The van der Waals surface area contributed by atoms with E-state index in [0.29, 0.717) is 23.4 Å². The molecule has 0 aliphatic heterocycles. The molecule has 0 unspecified atom stereocenters. The van der Waals surface area contributed by atoms with Gasteiger partial charge in [-0.3, -0.25) is 0 Å². The molecule has 4 heterocycles. The van der Waals surface area contributed by atoms with Crippen LogP contribution >= 0.6 is 22.7 Å². The quantitative estimate of drug-likeness (QED) is 0.171. The van der Waals surface area contributed by atoms with Gasteiger partial charge in [-0.05, 0) is 105 Å². The molecule has 0 fully saturated rings. The van der Waals surface area contributed by atoms with E-state index in [1.807, 2.05) is 30.3 Å². The molecule has 0 amide bonds. The Morgan fingerprint density at radius 1 is 0.353 bits per heavy atom. The summed E-state index contributed by atoms with van der Waals surface area (Å²) in [6.45, 7) is 0. The van der Waals surface area contributed by atoms with Gasteiger partial charge >= 0.3 is 0 Å². The van der Waals surface area contributed by atoms with Crippen molar-refractivity contribution in [2.75, 3.05) is 0 Å². The third-order valence-corrected chi connectivity index (χ3v) is 16.0. The number of hydrogen-bond donors (Lipinski definition) is 0. The van der Waals surface area contributed by atoms with E-state index < -0.39 is 5.41 Å². The molecular formula is C60H33N5OS2. The normalized spacial score (nSPS) is 13.1. The Bertz CT molecular complexity index is 4040. The van der Waals surface area contributed by atoms with Gasteiger partial charge in [0.2, 0.25) is 5.89 Å². The highest BCUT2D eigenvalue weighted by molar-refractivity contribution is 7.26. The van der Waals surface area contributed by atoms with Gasteiger partial charge in [0.1, 0.15) is 10.5 Å². The zero-order valence-corrected chi connectivity index (χ0v) is 37.6. The third kappa shape index (κ3) is 5.41. The van der Waals surface area contributed by atoms with Gasteiger partial charge in [-0.15, -0.1) is 22.7 Å². The van der Waals surface area contributed by atoms with Gasteiger partial charge < -0.3 is 4.42 Å². The summed E-state index contributed by atoms with van der Waals surface area (Å²) in [6, 6.07) is 71.0. The molecule has 13 aromatic rings. The minimum Gasteiger partial charge on any atom is -0.436 e. The molecule has 15 rings (SSSR count). The van der Waals surface area contributed by atoms with Crippen molar-refractivity contribution in [3.05, 3.63) is 222 Å². The highest BCUT2D eigenvalue weighted by Gasteiger charge is 2.51. The number of oxazole rings is 1. The lowest BCUT2D eigenvalue weighted by Crippen LogP contribution is -2.25. The van der Waals surface area contributed by atoms with Crippen molar-refractivity contribution < 1.29 is 4.42 Å². The van der Waals surface area contributed by atoms with E-state index in [9.17, 15) is 0 Å². The van der Waals surface area contributed by atoms with Crippen molar-refractivity contribution in [3.8, 4) is 78.4 Å². The third-order valence-electron chi connectivity index (χ3n) is 13.8. The average molecular weight is 904 g/mol. The van der Waals surface area contributed by atoms with E-state index in [4.69, 9.17) is 29.3 Å². The predicted octanol–water partition coefficient (Wildman–Crippen LogP) is 15.7. The van der Waals surface area contributed by atoms with Crippen molar-refractivity contribution in [3.63, 3.8) is 0 Å². The molecule has 316 valence electrons. The number of nitrogens with zero attached hydrogens (tertiary/aromatic N) is 5. The van der Waals surface area contributed by atoms with Crippen molar-refractivity contribution in [1.29, 1.82) is 0 Å². The second-order valence-electron chi connectivity index (χ2n) is 17.5. The van der Waals surface area contributed by atoms with Crippen LogP contribution in [0.2, 0.25) is 0 Å². The molecule has 2 aliphatic rings.